The van der Waals surface area contributed by atoms with Crippen LogP contribution in [0.15, 0.2) is 24.3 Å². The van der Waals surface area contributed by atoms with Gasteiger partial charge in [-0.3, -0.25) is 4.79 Å². The first-order chi connectivity index (χ1) is 9.29. The quantitative estimate of drug-likeness (QED) is 0.895. The van der Waals surface area contributed by atoms with E-state index in [1.165, 1.54) is 24.0 Å². The molecule has 1 aromatic rings. The second-order valence-electron chi connectivity index (χ2n) is 5.63. The summed E-state index contributed by atoms with van der Waals surface area (Å²) in [6, 6.07) is 8.82. The van der Waals surface area contributed by atoms with Crippen molar-refractivity contribution in [3.05, 3.63) is 35.4 Å². The first-order valence-corrected chi connectivity index (χ1v) is 7.39. The maximum absolute atomic E-state index is 12.6. The van der Waals surface area contributed by atoms with E-state index in [2.05, 4.69) is 30.4 Å². The van der Waals surface area contributed by atoms with Crippen LogP contribution in [0.1, 0.15) is 36.8 Å². The van der Waals surface area contributed by atoms with E-state index in [-0.39, 0.29) is 5.92 Å². The van der Waals surface area contributed by atoms with Gasteiger partial charge in [0.25, 0.3) is 0 Å². The molecule has 1 saturated heterocycles. The summed E-state index contributed by atoms with van der Waals surface area (Å²) >= 11 is 0. The second-order valence-corrected chi connectivity index (χ2v) is 5.63. The summed E-state index contributed by atoms with van der Waals surface area (Å²) < 4.78 is 0. The molecule has 3 heteroatoms. The van der Waals surface area contributed by atoms with Crippen LogP contribution in [0.3, 0.4) is 0 Å². The molecule has 2 aliphatic rings. The van der Waals surface area contributed by atoms with E-state index in [9.17, 15) is 4.79 Å². The minimum atomic E-state index is 0.109. The highest BCUT2D eigenvalue weighted by atomic mass is 16.2. The zero-order valence-electron chi connectivity index (χ0n) is 11.6. The normalized spacial score (nSPS) is 24.7. The smallest absolute Gasteiger partial charge is 0.230 e. The van der Waals surface area contributed by atoms with Crippen LogP contribution in [0, 0.1) is 0 Å². The van der Waals surface area contributed by atoms with Gasteiger partial charge in [0.2, 0.25) is 5.91 Å². The molecule has 1 amide bonds. The van der Waals surface area contributed by atoms with Gasteiger partial charge in [-0.15, -0.1) is 0 Å². The van der Waals surface area contributed by atoms with Gasteiger partial charge in [-0.2, -0.15) is 0 Å². The molecule has 1 aromatic carbocycles. The van der Waals surface area contributed by atoms with Crippen molar-refractivity contribution in [2.24, 2.45) is 0 Å². The molecule has 1 aliphatic heterocycles. The van der Waals surface area contributed by atoms with Crippen molar-refractivity contribution >= 4 is 5.91 Å². The number of carbonyl (C=O) groups is 1. The molecule has 2 unspecified atom stereocenters. The van der Waals surface area contributed by atoms with Crippen LogP contribution >= 0.6 is 0 Å². The molecular formula is C16H22N2O. The van der Waals surface area contributed by atoms with Gasteiger partial charge in [-0.1, -0.05) is 24.3 Å². The Morgan fingerprint density at radius 2 is 2.26 bits per heavy atom. The van der Waals surface area contributed by atoms with Crippen LogP contribution in [-0.4, -0.2) is 36.5 Å². The lowest BCUT2D eigenvalue weighted by Gasteiger charge is -2.34. The Hall–Kier alpha value is -1.35. The lowest BCUT2D eigenvalue weighted by molar-refractivity contribution is -0.133. The Morgan fingerprint density at radius 3 is 2.95 bits per heavy atom. The van der Waals surface area contributed by atoms with Gasteiger partial charge in [-0.25, -0.2) is 0 Å². The van der Waals surface area contributed by atoms with Gasteiger partial charge < -0.3 is 10.2 Å². The molecule has 3 rings (SSSR count). The third-order valence-corrected chi connectivity index (χ3v) is 4.45. The van der Waals surface area contributed by atoms with Gasteiger partial charge in [0.1, 0.15) is 0 Å². The average Bonchev–Trinajstić information content (AvgIpc) is 2.90. The molecule has 0 radical (unpaired) electrons. The fourth-order valence-electron chi connectivity index (χ4n) is 3.25. The van der Waals surface area contributed by atoms with Crippen molar-refractivity contribution in [1.29, 1.82) is 0 Å². The van der Waals surface area contributed by atoms with Crippen LogP contribution in [0.25, 0.3) is 0 Å². The average molecular weight is 258 g/mol. The summed E-state index contributed by atoms with van der Waals surface area (Å²) in [5, 5.41) is 3.48. The minimum absolute atomic E-state index is 0.109. The number of hydrogen-bond acceptors (Lipinski definition) is 2. The highest BCUT2D eigenvalue weighted by molar-refractivity contribution is 5.87. The maximum atomic E-state index is 12.6. The van der Waals surface area contributed by atoms with Crippen molar-refractivity contribution in [3.8, 4) is 0 Å². The molecule has 1 heterocycles. The topological polar surface area (TPSA) is 32.3 Å². The zero-order chi connectivity index (χ0) is 13.2. The van der Waals surface area contributed by atoms with E-state index < -0.39 is 0 Å². The number of carbonyl (C=O) groups excluding carboxylic acids is 1. The summed E-state index contributed by atoms with van der Waals surface area (Å²) in [5.74, 6) is 0.424. The standard InChI is InChI=1S/C16H22N2O/c1-2-18(11-13-7-5-9-17-13)16(19)15-10-12-6-3-4-8-14(12)15/h3-4,6,8,13,15,17H,2,5,7,9-11H2,1H3. The molecule has 0 bridgehead atoms. The first-order valence-electron chi connectivity index (χ1n) is 7.39. The number of rotatable bonds is 4. The van der Waals surface area contributed by atoms with Crippen molar-refractivity contribution in [2.45, 2.75) is 38.1 Å². The predicted octanol–water partition coefficient (Wildman–Crippen LogP) is 1.93. The molecule has 1 fully saturated rings. The predicted molar refractivity (Wildman–Crippen MR) is 76.2 cm³/mol. The van der Waals surface area contributed by atoms with Gasteiger partial charge >= 0.3 is 0 Å². The molecule has 0 spiro atoms. The van der Waals surface area contributed by atoms with Crippen LogP contribution in [0.5, 0.6) is 0 Å². The Balaban J connectivity index is 1.66. The molecule has 102 valence electrons. The number of likely N-dealkylation sites (N-methyl/N-ethyl adjacent to an activating group) is 1. The number of nitrogens with zero attached hydrogens (tertiary/aromatic N) is 1. The van der Waals surface area contributed by atoms with Crippen molar-refractivity contribution in [1.82, 2.24) is 10.2 Å². The van der Waals surface area contributed by atoms with E-state index >= 15 is 0 Å². The van der Waals surface area contributed by atoms with E-state index in [0.29, 0.717) is 11.9 Å². The summed E-state index contributed by atoms with van der Waals surface area (Å²) in [6.07, 6.45) is 3.36. The monoisotopic (exact) mass is 258 g/mol. The number of hydrogen-bond donors (Lipinski definition) is 1. The van der Waals surface area contributed by atoms with Gasteiger partial charge in [0, 0.05) is 19.1 Å². The number of nitrogens with one attached hydrogen (secondary N) is 1. The Bertz CT molecular complexity index is 466. The van der Waals surface area contributed by atoms with Crippen molar-refractivity contribution in [3.63, 3.8) is 0 Å². The highest BCUT2D eigenvalue weighted by Crippen LogP contribution is 2.36. The molecule has 2 atom stereocenters. The molecule has 3 nitrogen and oxygen atoms in total. The largest absolute Gasteiger partial charge is 0.341 e. The fourth-order valence-corrected chi connectivity index (χ4v) is 3.25. The van der Waals surface area contributed by atoms with Crippen LogP contribution in [0.4, 0.5) is 0 Å². The summed E-state index contributed by atoms with van der Waals surface area (Å²) in [7, 11) is 0. The van der Waals surface area contributed by atoms with E-state index in [0.717, 1.165) is 26.1 Å². The molecular weight excluding hydrogens is 236 g/mol. The van der Waals surface area contributed by atoms with E-state index in [4.69, 9.17) is 0 Å². The SMILES string of the molecule is CCN(CC1CCCN1)C(=O)C1Cc2ccccc21. The molecule has 1 aliphatic carbocycles. The minimum Gasteiger partial charge on any atom is -0.341 e. The Labute approximate surface area is 115 Å². The summed E-state index contributed by atoms with van der Waals surface area (Å²) in [4.78, 5) is 14.6. The third-order valence-electron chi connectivity index (χ3n) is 4.45. The van der Waals surface area contributed by atoms with Gasteiger partial charge in [0.05, 0.1) is 5.92 Å². The van der Waals surface area contributed by atoms with Crippen LogP contribution in [0.2, 0.25) is 0 Å². The van der Waals surface area contributed by atoms with Crippen molar-refractivity contribution in [2.75, 3.05) is 19.6 Å². The van der Waals surface area contributed by atoms with Crippen molar-refractivity contribution < 1.29 is 4.79 Å². The van der Waals surface area contributed by atoms with E-state index in [1.807, 2.05) is 11.0 Å². The highest BCUT2D eigenvalue weighted by Gasteiger charge is 2.34. The van der Waals surface area contributed by atoms with Gasteiger partial charge in [0.15, 0.2) is 0 Å². The first kappa shape index (κ1) is 12.7. The number of benzene rings is 1. The Morgan fingerprint density at radius 1 is 1.42 bits per heavy atom. The fraction of sp³-hybridized carbons (Fsp3) is 0.562. The lowest BCUT2D eigenvalue weighted by atomic mass is 9.77. The molecule has 1 N–H and O–H groups in total. The van der Waals surface area contributed by atoms with Crippen LogP contribution < -0.4 is 5.32 Å². The molecule has 0 saturated carbocycles. The lowest BCUT2D eigenvalue weighted by Crippen LogP contribution is -2.45. The van der Waals surface area contributed by atoms with Crippen LogP contribution in [-0.2, 0) is 11.2 Å². The Kier molecular flexibility index (Phi) is 3.56. The van der Waals surface area contributed by atoms with Gasteiger partial charge in [-0.05, 0) is 43.9 Å². The summed E-state index contributed by atoms with van der Waals surface area (Å²) in [5.41, 5.74) is 2.58. The number of fused-ring (bicyclic) bond motifs is 1. The summed E-state index contributed by atoms with van der Waals surface area (Å²) in [6.45, 7) is 4.86. The third kappa shape index (κ3) is 2.39. The zero-order valence-corrected chi connectivity index (χ0v) is 11.6. The second kappa shape index (κ2) is 5.33. The van der Waals surface area contributed by atoms with E-state index in [1.54, 1.807) is 0 Å². The molecule has 0 aromatic heterocycles. The molecule has 19 heavy (non-hydrogen) atoms. The maximum Gasteiger partial charge on any atom is 0.230 e. The number of amides is 1.